The number of methoxy groups -OCH3 is 1. The van der Waals surface area contributed by atoms with E-state index in [-0.39, 0.29) is 11.7 Å². The largest absolute Gasteiger partial charge is 0.496 e. The maximum atomic E-state index is 12.2. The second kappa shape index (κ2) is 8.65. The van der Waals surface area contributed by atoms with Crippen molar-refractivity contribution >= 4 is 46.6 Å². The molecule has 0 radical (unpaired) electrons. The summed E-state index contributed by atoms with van der Waals surface area (Å²) in [5.74, 6) is 1.37. The summed E-state index contributed by atoms with van der Waals surface area (Å²) in [6.45, 7) is 0. The van der Waals surface area contributed by atoms with E-state index in [1.807, 2.05) is 35.9 Å². The summed E-state index contributed by atoms with van der Waals surface area (Å²) in [7, 11) is 3.46. The molecular weight excluding hydrogens is 407 g/mol. The van der Waals surface area contributed by atoms with Gasteiger partial charge in [0.1, 0.15) is 5.75 Å². The van der Waals surface area contributed by atoms with Crippen LogP contribution < -0.4 is 10.1 Å². The number of thioether (sulfide) groups is 1. The molecule has 0 saturated carbocycles. The van der Waals surface area contributed by atoms with E-state index < -0.39 is 0 Å². The van der Waals surface area contributed by atoms with Gasteiger partial charge in [-0.05, 0) is 30.3 Å². The topological polar surface area (TPSA) is 69.0 Å². The highest BCUT2D eigenvalue weighted by atomic mass is 35.5. The Balaban J connectivity index is 1.67. The van der Waals surface area contributed by atoms with Crippen LogP contribution in [0.4, 0.5) is 5.69 Å². The third-order valence-corrected chi connectivity index (χ3v) is 5.48. The lowest BCUT2D eigenvalue weighted by Crippen LogP contribution is -2.14. The van der Waals surface area contributed by atoms with Crippen LogP contribution in [0.25, 0.3) is 11.4 Å². The standard InChI is InChI=1S/C18H16Cl2N4O2S/c1-24-17(12-5-3-4-6-15(12)26-2)22-23-18(24)27-10-16(25)21-11-7-8-13(19)14(20)9-11/h3-9H,10H2,1-2H3,(H,21,25). The van der Waals surface area contributed by atoms with E-state index in [4.69, 9.17) is 27.9 Å². The molecular formula is C18H16Cl2N4O2S. The number of ether oxygens (including phenoxy) is 1. The summed E-state index contributed by atoms with van der Waals surface area (Å²) >= 11 is 13.1. The second-order valence-corrected chi connectivity index (χ2v) is 7.29. The first-order valence-electron chi connectivity index (χ1n) is 7.90. The van der Waals surface area contributed by atoms with Crippen LogP contribution in [0.5, 0.6) is 5.75 Å². The third-order valence-electron chi connectivity index (χ3n) is 3.72. The fourth-order valence-corrected chi connectivity index (χ4v) is 3.41. The monoisotopic (exact) mass is 422 g/mol. The highest BCUT2D eigenvalue weighted by molar-refractivity contribution is 7.99. The average molecular weight is 423 g/mol. The average Bonchev–Trinajstić information content (AvgIpc) is 3.03. The van der Waals surface area contributed by atoms with Crippen molar-refractivity contribution < 1.29 is 9.53 Å². The molecule has 0 aliphatic heterocycles. The number of nitrogens with one attached hydrogen (secondary N) is 1. The molecule has 0 bridgehead atoms. The molecule has 1 amide bonds. The molecule has 3 rings (SSSR count). The molecule has 6 nitrogen and oxygen atoms in total. The number of carbonyl (C=O) groups excluding carboxylic acids is 1. The molecule has 1 aromatic heterocycles. The molecule has 0 aliphatic carbocycles. The van der Waals surface area contributed by atoms with Crippen molar-refractivity contribution in [3.05, 3.63) is 52.5 Å². The molecule has 140 valence electrons. The van der Waals surface area contributed by atoms with Crippen LogP contribution in [-0.4, -0.2) is 33.5 Å². The number of nitrogens with zero attached hydrogens (tertiary/aromatic N) is 3. The lowest BCUT2D eigenvalue weighted by atomic mass is 10.2. The zero-order valence-electron chi connectivity index (χ0n) is 14.6. The molecule has 0 spiro atoms. The molecule has 0 saturated heterocycles. The first-order valence-corrected chi connectivity index (χ1v) is 9.64. The summed E-state index contributed by atoms with van der Waals surface area (Å²) in [4.78, 5) is 12.2. The zero-order valence-corrected chi connectivity index (χ0v) is 16.9. The molecule has 0 atom stereocenters. The number of aromatic nitrogens is 3. The van der Waals surface area contributed by atoms with Gasteiger partial charge in [-0.2, -0.15) is 0 Å². The van der Waals surface area contributed by atoms with Gasteiger partial charge in [0.2, 0.25) is 5.91 Å². The van der Waals surface area contributed by atoms with Gasteiger partial charge in [-0.15, -0.1) is 10.2 Å². The Kier molecular flexibility index (Phi) is 6.26. The summed E-state index contributed by atoms with van der Waals surface area (Å²) in [6, 6.07) is 12.5. The van der Waals surface area contributed by atoms with E-state index in [1.54, 1.807) is 25.3 Å². The number of benzene rings is 2. The zero-order chi connectivity index (χ0) is 19.4. The molecule has 1 N–H and O–H groups in total. The predicted octanol–water partition coefficient (Wildman–Crippen LogP) is 4.53. The molecule has 0 unspecified atom stereocenters. The Hall–Kier alpha value is -2.22. The molecule has 3 aromatic rings. The number of halogens is 2. The summed E-state index contributed by atoms with van der Waals surface area (Å²) in [6.07, 6.45) is 0. The first kappa shape index (κ1) is 19.5. The van der Waals surface area contributed by atoms with E-state index in [2.05, 4.69) is 15.5 Å². The molecule has 27 heavy (non-hydrogen) atoms. The third kappa shape index (κ3) is 4.55. The number of para-hydroxylation sites is 1. The van der Waals surface area contributed by atoms with Crippen molar-refractivity contribution in [2.45, 2.75) is 5.16 Å². The SMILES string of the molecule is COc1ccccc1-c1nnc(SCC(=O)Nc2ccc(Cl)c(Cl)c2)n1C. The van der Waals surface area contributed by atoms with E-state index in [0.29, 0.717) is 32.5 Å². The van der Waals surface area contributed by atoms with Crippen molar-refractivity contribution in [3.8, 4) is 17.1 Å². The van der Waals surface area contributed by atoms with Gasteiger partial charge in [-0.1, -0.05) is 47.1 Å². The van der Waals surface area contributed by atoms with Crippen LogP contribution in [0.1, 0.15) is 0 Å². The van der Waals surface area contributed by atoms with Crippen molar-refractivity contribution in [1.29, 1.82) is 0 Å². The van der Waals surface area contributed by atoms with Crippen LogP contribution in [-0.2, 0) is 11.8 Å². The van der Waals surface area contributed by atoms with Crippen LogP contribution >= 0.6 is 35.0 Å². The lowest BCUT2D eigenvalue weighted by molar-refractivity contribution is -0.113. The first-order chi connectivity index (χ1) is 13.0. The molecule has 9 heteroatoms. The Morgan fingerprint density at radius 3 is 2.70 bits per heavy atom. The van der Waals surface area contributed by atoms with Crippen molar-refractivity contribution in [2.24, 2.45) is 7.05 Å². The Morgan fingerprint density at radius 2 is 1.96 bits per heavy atom. The minimum atomic E-state index is -0.180. The van der Waals surface area contributed by atoms with Crippen molar-refractivity contribution in [2.75, 3.05) is 18.2 Å². The van der Waals surface area contributed by atoms with Gasteiger partial charge in [-0.25, -0.2) is 0 Å². The molecule has 1 heterocycles. The minimum absolute atomic E-state index is 0.179. The number of hydrogen-bond acceptors (Lipinski definition) is 5. The Labute approximate surface area is 170 Å². The maximum Gasteiger partial charge on any atom is 0.234 e. The predicted molar refractivity (Wildman–Crippen MR) is 109 cm³/mol. The van der Waals surface area contributed by atoms with Gasteiger partial charge in [0.05, 0.1) is 28.5 Å². The second-order valence-electron chi connectivity index (χ2n) is 5.53. The highest BCUT2D eigenvalue weighted by Gasteiger charge is 2.16. The quantitative estimate of drug-likeness (QED) is 0.590. The van der Waals surface area contributed by atoms with Crippen molar-refractivity contribution in [1.82, 2.24) is 14.8 Å². The molecule has 0 fully saturated rings. The smallest absolute Gasteiger partial charge is 0.234 e. The molecule has 0 aliphatic rings. The van der Waals surface area contributed by atoms with Gasteiger partial charge >= 0.3 is 0 Å². The lowest BCUT2D eigenvalue weighted by Gasteiger charge is -2.08. The normalized spacial score (nSPS) is 10.7. The maximum absolute atomic E-state index is 12.2. The minimum Gasteiger partial charge on any atom is -0.496 e. The fraction of sp³-hybridized carbons (Fsp3) is 0.167. The number of amides is 1. The summed E-state index contributed by atoms with van der Waals surface area (Å²) < 4.78 is 7.20. The van der Waals surface area contributed by atoms with Gasteiger partial charge in [-0.3, -0.25) is 4.79 Å². The summed E-state index contributed by atoms with van der Waals surface area (Å²) in [5, 5.41) is 12.6. The van der Waals surface area contributed by atoms with Crippen LogP contribution in [0, 0.1) is 0 Å². The number of carbonyl (C=O) groups is 1. The van der Waals surface area contributed by atoms with Crippen LogP contribution in [0.3, 0.4) is 0 Å². The summed E-state index contributed by atoms with van der Waals surface area (Å²) in [5.41, 5.74) is 1.42. The fourth-order valence-electron chi connectivity index (χ4n) is 2.41. The number of hydrogen-bond donors (Lipinski definition) is 1. The van der Waals surface area contributed by atoms with Gasteiger partial charge in [0, 0.05) is 12.7 Å². The number of rotatable bonds is 6. The van der Waals surface area contributed by atoms with E-state index in [1.165, 1.54) is 11.8 Å². The van der Waals surface area contributed by atoms with Gasteiger partial charge in [0.25, 0.3) is 0 Å². The Bertz CT molecular complexity index is 978. The van der Waals surface area contributed by atoms with Crippen LogP contribution in [0.2, 0.25) is 10.0 Å². The number of anilines is 1. The van der Waals surface area contributed by atoms with E-state index >= 15 is 0 Å². The van der Waals surface area contributed by atoms with Gasteiger partial charge < -0.3 is 14.6 Å². The molecule has 2 aromatic carbocycles. The highest BCUT2D eigenvalue weighted by Crippen LogP contribution is 2.30. The Morgan fingerprint density at radius 1 is 1.19 bits per heavy atom. The van der Waals surface area contributed by atoms with Crippen molar-refractivity contribution in [3.63, 3.8) is 0 Å². The van der Waals surface area contributed by atoms with E-state index in [9.17, 15) is 4.79 Å². The van der Waals surface area contributed by atoms with Gasteiger partial charge in [0.15, 0.2) is 11.0 Å². The van der Waals surface area contributed by atoms with Crippen LogP contribution in [0.15, 0.2) is 47.6 Å². The van der Waals surface area contributed by atoms with E-state index in [0.717, 1.165) is 5.56 Å².